The van der Waals surface area contributed by atoms with E-state index in [1.54, 1.807) is 48.5 Å². The van der Waals surface area contributed by atoms with Gasteiger partial charge in [0.2, 0.25) is 12.8 Å². The zero-order valence-corrected chi connectivity index (χ0v) is 23.4. The Kier molecular flexibility index (Phi) is 7.06. The summed E-state index contributed by atoms with van der Waals surface area (Å²) in [5.74, 6) is -16.1. The van der Waals surface area contributed by atoms with Crippen molar-refractivity contribution in [2.24, 2.45) is 14.1 Å². The van der Waals surface area contributed by atoms with Crippen LogP contribution in [0.25, 0.3) is 33.7 Å². The summed E-state index contributed by atoms with van der Waals surface area (Å²) in [4.78, 5) is 21.5. The van der Waals surface area contributed by atoms with Crippen molar-refractivity contribution in [3.8, 4) is 22.5 Å². The second-order valence-electron chi connectivity index (χ2n) is 10.3. The molecule has 1 aliphatic carbocycles. The first-order valence-electron chi connectivity index (χ1n) is 13.0. The van der Waals surface area contributed by atoms with Gasteiger partial charge in [-0.3, -0.25) is 9.59 Å². The molecule has 0 aliphatic heterocycles. The predicted molar refractivity (Wildman–Crippen MR) is 152 cm³/mol. The lowest BCUT2D eigenvalue weighted by Gasteiger charge is -2.25. The van der Waals surface area contributed by atoms with Crippen LogP contribution >= 0.6 is 0 Å². The van der Waals surface area contributed by atoms with E-state index in [1.165, 1.54) is 49.2 Å². The number of hydrogen-bond donors (Lipinski definition) is 2. The Morgan fingerprint density at radius 3 is 1.23 bits per heavy atom. The predicted octanol–water partition coefficient (Wildman–Crippen LogP) is 7.28. The van der Waals surface area contributed by atoms with E-state index >= 15 is 26.3 Å². The summed E-state index contributed by atoms with van der Waals surface area (Å²) in [5.41, 5.74) is -1.04. The molecule has 0 fully saturated rings. The molecule has 6 nitrogen and oxygen atoms in total. The zero-order chi connectivity index (χ0) is 31.5. The minimum atomic E-state index is -5.71. The summed E-state index contributed by atoms with van der Waals surface area (Å²) in [6.07, 6.45) is 0.959. The van der Waals surface area contributed by atoms with E-state index < -0.39 is 40.0 Å². The summed E-state index contributed by atoms with van der Waals surface area (Å²) in [6, 6.07) is 15.0. The second kappa shape index (κ2) is 10.2. The van der Waals surface area contributed by atoms with Gasteiger partial charge in [0.25, 0.3) is 0 Å². The molecule has 2 heterocycles. The molecule has 43 heavy (non-hydrogen) atoms. The molecule has 0 spiro atoms. The highest BCUT2D eigenvalue weighted by molar-refractivity contribution is 6.03. The van der Waals surface area contributed by atoms with Crippen molar-refractivity contribution in [3.05, 3.63) is 83.2 Å². The Morgan fingerprint density at radius 1 is 0.605 bits per heavy atom. The summed E-state index contributed by atoms with van der Waals surface area (Å²) >= 11 is 0. The van der Waals surface area contributed by atoms with Crippen LogP contribution in [-0.2, 0) is 23.7 Å². The van der Waals surface area contributed by atoms with Crippen LogP contribution in [0.4, 0.5) is 37.7 Å². The van der Waals surface area contributed by atoms with Gasteiger partial charge in [-0.2, -0.15) is 26.3 Å². The zero-order valence-electron chi connectivity index (χ0n) is 23.4. The first-order valence-corrected chi connectivity index (χ1v) is 13.0. The summed E-state index contributed by atoms with van der Waals surface area (Å²) in [5, 5.41) is 4.93. The number of anilines is 2. The number of hydrogen-bond acceptors (Lipinski definition) is 2. The highest BCUT2D eigenvalue weighted by Gasteiger charge is 2.80. The van der Waals surface area contributed by atoms with E-state index in [-0.39, 0.29) is 11.4 Å². The smallest absolute Gasteiger partial charge is 0.347 e. The van der Waals surface area contributed by atoms with E-state index in [0.29, 0.717) is 46.7 Å². The minimum Gasteiger partial charge on any atom is -0.347 e. The van der Waals surface area contributed by atoms with Crippen molar-refractivity contribution in [1.29, 1.82) is 0 Å². The number of alkyl halides is 6. The standard InChI is InChI=1S/C31H26F6N4O2/c1-17-23(13-25(40(17)3)19-5-9-21(10-6-19)38-15-42)27-28(30(34,35)31(36,37)29(27,32)33)24-14-26(41(4)18(24)2)20-7-11-22(12-8-20)39-16-43/h5-16H,1-4H3,(H,38,42)(H,39,43). The number of amides is 2. The molecule has 2 N–H and O–H groups in total. The van der Waals surface area contributed by atoms with E-state index in [0.717, 1.165) is 0 Å². The average molecular weight is 601 g/mol. The van der Waals surface area contributed by atoms with Crippen LogP contribution in [-0.4, -0.2) is 39.7 Å². The molecular weight excluding hydrogens is 574 g/mol. The van der Waals surface area contributed by atoms with Crippen LogP contribution < -0.4 is 10.6 Å². The Labute approximate surface area is 242 Å². The van der Waals surface area contributed by atoms with Crippen molar-refractivity contribution in [2.75, 3.05) is 10.6 Å². The molecule has 0 atom stereocenters. The minimum absolute atomic E-state index is 0.0813. The molecule has 0 saturated carbocycles. The third-order valence-corrected chi connectivity index (χ3v) is 8.09. The van der Waals surface area contributed by atoms with Gasteiger partial charge in [0, 0.05) is 70.5 Å². The molecular formula is C31H26F6N4O2. The second-order valence-corrected chi connectivity index (χ2v) is 10.3. The molecule has 12 heteroatoms. The van der Waals surface area contributed by atoms with Gasteiger partial charge in [0.15, 0.2) is 0 Å². The fraction of sp³-hybridized carbons (Fsp3) is 0.226. The molecule has 0 unspecified atom stereocenters. The van der Waals surface area contributed by atoms with Crippen LogP contribution in [0, 0.1) is 13.8 Å². The first-order chi connectivity index (χ1) is 20.2. The van der Waals surface area contributed by atoms with Gasteiger partial charge in [0.05, 0.1) is 0 Å². The number of allylic oxidation sites excluding steroid dienone is 2. The number of nitrogens with one attached hydrogen (secondary N) is 2. The van der Waals surface area contributed by atoms with Crippen molar-refractivity contribution >= 4 is 35.3 Å². The Bertz CT molecular complexity index is 1640. The maximum Gasteiger partial charge on any atom is 0.380 e. The fourth-order valence-corrected chi connectivity index (χ4v) is 5.50. The maximum atomic E-state index is 15.7. The number of carbonyl (C=O) groups excluding carboxylic acids is 2. The lowest BCUT2D eigenvalue weighted by molar-refractivity contribution is -0.254. The number of carbonyl (C=O) groups is 2. The molecule has 0 bridgehead atoms. The number of nitrogens with zero attached hydrogens (tertiary/aromatic N) is 2. The SMILES string of the molecule is Cc1c(C2=C(c3cc(-c4ccc(NC=O)cc4)n(C)c3C)C(F)(F)C(F)(F)C2(F)F)cc(-c2ccc(NC=O)cc2)n1C. The lowest BCUT2D eigenvalue weighted by Crippen LogP contribution is -2.49. The van der Waals surface area contributed by atoms with Gasteiger partial charge in [0.1, 0.15) is 0 Å². The summed E-state index contributed by atoms with van der Waals surface area (Å²) in [6.45, 7) is 2.79. The van der Waals surface area contributed by atoms with Crippen molar-refractivity contribution < 1.29 is 35.9 Å². The number of aromatic nitrogens is 2. The molecule has 0 radical (unpaired) electrons. The highest BCUT2D eigenvalue weighted by Crippen LogP contribution is 2.65. The van der Waals surface area contributed by atoms with Gasteiger partial charge < -0.3 is 19.8 Å². The number of rotatable bonds is 8. The van der Waals surface area contributed by atoms with E-state index in [9.17, 15) is 9.59 Å². The van der Waals surface area contributed by atoms with Crippen molar-refractivity contribution in [2.45, 2.75) is 31.6 Å². The van der Waals surface area contributed by atoms with Crippen molar-refractivity contribution in [1.82, 2.24) is 9.13 Å². The molecule has 5 rings (SSSR count). The van der Waals surface area contributed by atoms with Gasteiger partial charge >= 0.3 is 17.8 Å². The molecule has 4 aromatic rings. The van der Waals surface area contributed by atoms with Crippen LogP contribution in [0.2, 0.25) is 0 Å². The Balaban J connectivity index is 1.75. The molecule has 0 saturated heterocycles. The summed E-state index contributed by atoms with van der Waals surface area (Å²) in [7, 11) is 3.04. The number of benzene rings is 2. The topological polar surface area (TPSA) is 68.1 Å². The Hall–Kier alpha value is -4.74. The third-order valence-electron chi connectivity index (χ3n) is 8.09. The van der Waals surface area contributed by atoms with Gasteiger partial charge in [-0.1, -0.05) is 24.3 Å². The molecule has 224 valence electrons. The van der Waals surface area contributed by atoms with E-state index in [4.69, 9.17) is 0 Å². The number of halogens is 6. The largest absolute Gasteiger partial charge is 0.380 e. The fourth-order valence-electron chi connectivity index (χ4n) is 5.50. The average Bonchev–Trinajstić information content (AvgIpc) is 3.45. The van der Waals surface area contributed by atoms with Gasteiger partial charge in [-0.05, 0) is 61.4 Å². The monoisotopic (exact) mass is 600 g/mol. The first kappa shape index (κ1) is 29.7. The maximum absolute atomic E-state index is 15.7. The van der Waals surface area contributed by atoms with Crippen LogP contribution in [0.3, 0.4) is 0 Å². The normalized spacial score (nSPS) is 16.8. The van der Waals surface area contributed by atoms with Crippen LogP contribution in [0.1, 0.15) is 22.5 Å². The highest BCUT2D eigenvalue weighted by atomic mass is 19.3. The Morgan fingerprint density at radius 2 is 0.930 bits per heavy atom. The summed E-state index contributed by atoms with van der Waals surface area (Å²) < 4.78 is 95.8. The molecule has 1 aliphatic rings. The van der Waals surface area contributed by atoms with Crippen molar-refractivity contribution in [3.63, 3.8) is 0 Å². The molecule has 2 aromatic heterocycles. The third kappa shape index (κ3) is 4.34. The van der Waals surface area contributed by atoms with Gasteiger partial charge in [-0.15, -0.1) is 0 Å². The van der Waals surface area contributed by atoms with Crippen LogP contribution in [0.15, 0.2) is 60.7 Å². The molecule has 2 amide bonds. The molecule has 2 aromatic carbocycles. The van der Waals surface area contributed by atoms with Crippen LogP contribution in [0.5, 0.6) is 0 Å². The van der Waals surface area contributed by atoms with Gasteiger partial charge in [-0.25, -0.2) is 0 Å². The lowest BCUT2D eigenvalue weighted by atomic mass is 9.94. The van der Waals surface area contributed by atoms with E-state index in [2.05, 4.69) is 10.6 Å². The van der Waals surface area contributed by atoms with E-state index in [1.807, 2.05) is 0 Å². The quantitative estimate of drug-likeness (QED) is 0.165.